The van der Waals surface area contributed by atoms with Crippen LogP contribution in [-0.2, 0) is 20.8 Å². The number of piperidine rings is 1. The summed E-state index contributed by atoms with van der Waals surface area (Å²) in [5.41, 5.74) is 4.77. The molecule has 3 aliphatic rings. The number of rotatable bonds is 6. The first-order chi connectivity index (χ1) is 17.0. The summed E-state index contributed by atoms with van der Waals surface area (Å²) in [7, 11) is 3.46. The topological polar surface area (TPSA) is 51.2 Å². The summed E-state index contributed by atoms with van der Waals surface area (Å²) in [5, 5.41) is 10.1. The first-order valence-electron chi connectivity index (χ1n) is 13.4. The van der Waals surface area contributed by atoms with E-state index >= 15 is 0 Å². The average molecular weight is 480 g/mol. The van der Waals surface area contributed by atoms with Gasteiger partial charge in [0.2, 0.25) is 0 Å². The van der Waals surface area contributed by atoms with E-state index in [-0.39, 0.29) is 17.8 Å². The summed E-state index contributed by atoms with van der Waals surface area (Å²) in [6.45, 7) is 4.94. The Labute approximate surface area is 210 Å². The number of hydrogen-bond acceptors (Lipinski definition) is 5. The van der Waals surface area contributed by atoms with Crippen LogP contribution in [0.25, 0.3) is 0 Å². The maximum Gasteiger partial charge on any atom is 0.159 e. The summed E-state index contributed by atoms with van der Waals surface area (Å²) in [5.74, 6) is 1.48. The van der Waals surface area contributed by atoms with E-state index in [2.05, 4.69) is 42.2 Å². The standard InChI is InChI=1S/C30H41NO4/c1-30(24-7-5-4-6-8-24)28(27-14-13-26(32)19-23(27)20-35-30)21-9-11-25(12-10-21)31-17-15-22(16-18-31)29(33-2)34-3/h9-14,19,22,24,28-29,32H,4-8,15-18,20H2,1-3H3/t28-,30+/m0/s1. The number of phenols is 1. The van der Waals surface area contributed by atoms with E-state index in [1.54, 1.807) is 14.2 Å². The Bertz CT molecular complexity index is 974. The summed E-state index contributed by atoms with van der Waals surface area (Å²) in [4.78, 5) is 2.48. The molecule has 190 valence electrons. The molecule has 5 rings (SSSR count). The molecule has 2 heterocycles. The van der Waals surface area contributed by atoms with Gasteiger partial charge in [-0.15, -0.1) is 0 Å². The molecule has 5 heteroatoms. The molecule has 0 bridgehead atoms. The van der Waals surface area contributed by atoms with Crippen molar-refractivity contribution < 1.29 is 19.3 Å². The second kappa shape index (κ2) is 10.5. The Morgan fingerprint density at radius 3 is 2.29 bits per heavy atom. The molecule has 2 aromatic rings. The Kier molecular flexibility index (Phi) is 7.38. The number of anilines is 1. The third-order valence-corrected chi connectivity index (χ3v) is 8.95. The number of benzene rings is 2. The van der Waals surface area contributed by atoms with Gasteiger partial charge in [-0.2, -0.15) is 0 Å². The molecule has 0 unspecified atom stereocenters. The SMILES string of the molecule is COC(OC)C1CCN(c2ccc([C@H]3c4ccc(O)cc4CO[C@]3(C)C3CCCCC3)cc2)CC1. The van der Waals surface area contributed by atoms with E-state index in [1.807, 2.05) is 12.1 Å². The van der Waals surface area contributed by atoms with Gasteiger partial charge in [-0.05, 0) is 79.5 Å². The number of phenolic OH excluding ortho intramolecular Hbond substituents is 1. The predicted octanol–water partition coefficient (Wildman–Crippen LogP) is 6.23. The lowest BCUT2D eigenvalue weighted by Gasteiger charge is -2.49. The highest BCUT2D eigenvalue weighted by Crippen LogP contribution is 2.51. The maximum atomic E-state index is 10.1. The van der Waals surface area contributed by atoms with E-state index in [4.69, 9.17) is 14.2 Å². The second-order valence-electron chi connectivity index (χ2n) is 10.9. The molecule has 2 atom stereocenters. The fourth-order valence-corrected chi connectivity index (χ4v) is 6.95. The molecule has 0 aromatic heterocycles. The van der Waals surface area contributed by atoms with E-state index in [9.17, 15) is 5.11 Å². The Hall–Kier alpha value is -2.08. The molecule has 5 nitrogen and oxygen atoms in total. The molecule has 2 aromatic carbocycles. The van der Waals surface area contributed by atoms with Crippen molar-refractivity contribution in [2.75, 3.05) is 32.2 Å². The minimum Gasteiger partial charge on any atom is -0.508 e. The summed E-state index contributed by atoms with van der Waals surface area (Å²) in [6, 6.07) is 15.0. The van der Waals surface area contributed by atoms with Crippen molar-refractivity contribution >= 4 is 5.69 Å². The summed E-state index contributed by atoms with van der Waals surface area (Å²) >= 11 is 0. The molecule has 2 fully saturated rings. The van der Waals surface area contributed by atoms with Gasteiger partial charge in [0.1, 0.15) is 5.75 Å². The number of hydrogen-bond donors (Lipinski definition) is 1. The fourth-order valence-electron chi connectivity index (χ4n) is 6.95. The third-order valence-electron chi connectivity index (χ3n) is 8.95. The number of fused-ring (bicyclic) bond motifs is 1. The molecule has 0 amide bonds. The van der Waals surface area contributed by atoms with Gasteiger partial charge in [0.15, 0.2) is 6.29 Å². The van der Waals surface area contributed by atoms with Crippen LogP contribution in [-0.4, -0.2) is 44.3 Å². The van der Waals surface area contributed by atoms with Gasteiger partial charge in [0, 0.05) is 44.8 Å². The third kappa shape index (κ3) is 4.83. The second-order valence-corrected chi connectivity index (χ2v) is 10.9. The number of aromatic hydroxyl groups is 1. The molecule has 2 aliphatic heterocycles. The molecule has 35 heavy (non-hydrogen) atoms. The minimum absolute atomic E-state index is 0.109. The van der Waals surface area contributed by atoms with Gasteiger partial charge in [-0.1, -0.05) is 37.5 Å². The normalized spacial score (nSPS) is 26.2. The van der Waals surface area contributed by atoms with Crippen LogP contribution in [0.3, 0.4) is 0 Å². The largest absolute Gasteiger partial charge is 0.508 e. The Balaban J connectivity index is 1.40. The van der Waals surface area contributed by atoms with Crippen molar-refractivity contribution in [3.63, 3.8) is 0 Å². The van der Waals surface area contributed by atoms with E-state index in [1.165, 1.54) is 48.9 Å². The first-order valence-corrected chi connectivity index (χ1v) is 13.4. The van der Waals surface area contributed by atoms with Crippen LogP contribution < -0.4 is 4.90 Å². The quantitative estimate of drug-likeness (QED) is 0.498. The molecule has 0 spiro atoms. The van der Waals surface area contributed by atoms with Gasteiger partial charge in [-0.3, -0.25) is 0 Å². The minimum atomic E-state index is -0.237. The van der Waals surface area contributed by atoms with Crippen molar-refractivity contribution in [2.24, 2.45) is 11.8 Å². The molecular formula is C30H41NO4. The molecule has 0 radical (unpaired) electrons. The number of methoxy groups -OCH3 is 2. The molecular weight excluding hydrogens is 438 g/mol. The molecule has 1 aliphatic carbocycles. The van der Waals surface area contributed by atoms with Gasteiger partial charge in [0.05, 0.1) is 12.2 Å². The van der Waals surface area contributed by atoms with E-state index in [0.717, 1.165) is 31.5 Å². The van der Waals surface area contributed by atoms with E-state index in [0.29, 0.717) is 24.2 Å². The first kappa shape index (κ1) is 24.6. The zero-order valence-electron chi connectivity index (χ0n) is 21.5. The van der Waals surface area contributed by atoms with Crippen LogP contribution in [0.2, 0.25) is 0 Å². The highest BCUT2D eigenvalue weighted by Gasteiger charge is 2.47. The van der Waals surface area contributed by atoms with Gasteiger partial charge >= 0.3 is 0 Å². The van der Waals surface area contributed by atoms with E-state index < -0.39 is 0 Å². The van der Waals surface area contributed by atoms with Gasteiger partial charge in [0.25, 0.3) is 0 Å². The van der Waals surface area contributed by atoms with Crippen molar-refractivity contribution in [1.82, 2.24) is 0 Å². The predicted molar refractivity (Wildman–Crippen MR) is 139 cm³/mol. The molecule has 1 saturated carbocycles. The number of nitrogens with zero attached hydrogens (tertiary/aromatic N) is 1. The smallest absolute Gasteiger partial charge is 0.159 e. The van der Waals surface area contributed by atoms with Crippen molar-refractivity contribution in [2.45, 2.75) is 76.3 Å². The number of ether oxygens (including phenoxy) is 3. The lowest BCUT2D eigenvalue weighted by molar-refractivity contribution is -0.141. The lowest BCUT2D eigenvalue weighted by atomic mass is 9.65. The van der Waals surface area contributed by atoms with Crippen LogP contribution in [0, 0.1) is 11.8 Å². The molecule has 1 N–H and O–H groups in total. The van der Waals surface area contributed by atoms with Crippen molar-refractivity contribution in [3.05, 3.63) is 59.2 Å². The average Bonchev–Trinajstić information content (AvgIpc) is 2.91. The van der Waals surface area contributed by atoms with Gasteiger partial charge < -0.3 is 24.2 Å². The van der Waals surface area contributed by atoms with Crippen LogP contribution >= 0.6 is 0 Å². The van der Waals surface area contributed by atoms with Crippen molar-refractivity contribution in [3.8, 4) is 5.75 Å². The van der Waals surface area contributed by atoms with Crippen LogP contribution in [0.15, 0.2) is 42.5 Å². The summed E-state index contributed by atoms with van der Waals surface area (Å²) in [6.07, 6.45) is 8.42. The highest BCUT2D eigenvalue weighted by molar-refractivity contribution is 5.52. The maximum absolute atomic E-state index is 10.1. The highest BCUT2D eigenvalue weighted by atomic mass is 16.7. The van der Waals surface area contributed by atoms with Crippen molar-refractivity contribution in [1.29, 1.82) is 0 Å². The van der Waals surface area contributed by atoms with Crippen LogP contribution in [0.4, 0.5) is 5.69 Å². The fraction of sp³-hybridized carbons (Fsp3) is 0.600. The lowest BCUT2D eigenvalue weighted by Crippen LogP contribution is -2.47. The van der Waals surface area contributed by atoms with Crippen LogP contribution in [0.1, 0.15) is 74.5 Å². The molecule has 1 saturated heterocycles. The summed E-state index contributed by atoms with van der Waals surface area (Å²) < 4.78 is 17.7. The Morgan fingerprint density at radius 1 is 0.943 bits per heavy atom. The zero-order chi connectivity index (χ0) is 24.4. The monoisotopic (exact) mass is 479 g/mol. The van der Waals surface area contributed by atoms with Gasteiger partial charge in [-0.25, -0.2) is 0 Å². The Morgan fingerprint density at radius 2 is 1.63 bits per heavy atom. The van der Waals surface area contributed by atoms with Crippen LogP contribution in [0.5, 0.6) is 5.75 Å². The zero-order valence-corrected chi connectivity index (χ0v) is 21.5.